The molecule has 1 heterocycles. The first-order valence-corrected chi connectivity index (χ1v) is 9.63. The van der Waals surface area contributed by atoms with E-state index in [9.17, 15) is 4.79 Å². The maximum atomic E-state index is 12.0. The van der Waals surface area contributed by atoms with Crippen molar-refractivity contribution in [3.8, 4) is 0 Å². The summed E-state index contributed by atoms with van der Waals surface area (Å²) in [4.78, 5) is 22.6. The standard InChI is InChI=1S/C23H26N6O/c1-17-7-4-8-18(13-17)26-21-15-22(25-16-24-21)27-19-9-5-10-20(14-19)28-23(30)11-6-12-29(2)3/h4-11,13-16H,12H2,1-3H3,(H,28,30)(H2,24,25,26,27). The maximum absolute atomic E-state index is 12.0. The summed E-state index contributed by atoms with van der Waals surface area (Å²) in [5, 5.41) is 9.38. The van der Waals surface area contributed by atoms with Gasteiger partial charge >= 0.3 is 0 Å². The third-order valence-electron chi connectivity index (χ3n) is 4.10. The predicted molar refractivity (Wildman–Crippen MR) is 123 cm³/mol. The van der Waals surface area contributed by atoms with E-state index in [0.717, 1.165) is 11.4 Å². The number of aromatic nitrogens is 2. The molecule has 0 fully saturated rings. The van der Waals surface area contributed by atoms with Gasteiger partial charge in [0.1, 0.15) is 18.0 Å². The first-order valence-electron chi connectivity index (χ1n) is 9.63. The van der Waals surface area contributed by atoms with E-state index in [0.29, 0.717) is 23.9 Å². The van der Waals surface area contributed by atoms with E-state index in [1.807, 2.05) is 86.6 Å². The van der Waals surface area contributed by atoms with Crippen molar-refractivity contribution in [2.45, 2.75) is 6.92 Å². The third-order valence-corrected chi connectivity index (χ3v) is 4.10. The van der Waals surface area contributed by atoms with Crippen LogP contribution in [0, 0.1) is 6.92 Å². The summed E-state index contributed by atoms with van der Waals surface area (Å²) >= 11 is 0. The van der Waals surface area contributed by atoms with Gasteiger partial charge in [-0.05, 0) is 56.9 Å². The molecule has 0 unspecified atom stereocenters. The lowest BCUT2D eigenvalue weighted by Crippen LogP contribution is -2.12. The van der Waals surface area contributed by atoms with Crippen molar-refractivity contribution in [3.05, 3.63) is 78.6 Å². The number of aryl methyl sites for hydroxylation is 1. The number of amides is 1. The van der Waals surface area contributed by atoms with Gasteiger partial charge in [0.2, 0.25) is 5.91 Å². The number of nitrogens with one attached hydrogen (secondary N) is 3. The minimum absolute atomic E-state index is 0.166. The molecule has 0 bridgehead atoms. The van der Waals surface area contributed by atoms with Gasteiger partial charge in [0, 0.05) is 35.7 Å². The second kappa shape index (κ2) is 10.2. The minimum Gasteiger partial charge on any atom is -0.340 e. The molecule has 30 heavy (non-hydrogen) atoms. The van der Waals surface area contributed by atoms with Crippen LogP contribution in [0.1, 0.15) is 5.56 Å². The van der Waals surface area contributed by atoms with E-state index in [1.54, 1.807) is 0 Å². The summed E-state index contributed by atoms with van der Waals surface area (Å²) in [6.07, 6.45) is 4.86. The zero-order chi connectivity index (χ0) is 21.3. The number of benzene rings is 2. The fraction of sp³-hybridized carbons (Fsp3) is 0.174. The summed E-state index contributed by atoms with van der Waals surface area (Å²) in [5.41, 5.74) is 3.64. The van der Waals surface area contributed by atoms with Crippen molar-refractivity contribution in [2.24, 2.45) is 0 Å². The Balaban J connectivity index is 1.64. The molecule has 3 rings (SSSR count). The number of hydrogen-bond donors (Lipinski definition) is 3. The number of likely N-dealkylation sites (N-methyl/N-ethyl adjacent to an activating group) is 1. The van der Waals surface area contributed by atoms with Crippen LogP contribution in [0.15, 0.2) is 73.1 Å². The van der Waals surface area contributed by atoms with Crippen LogP contribution in [-0.2, 0) is 4.79 Å². The first-order chi connectivity index (χ1) is 14.5. The second-order valence-electron chi connectivity index (χ2n) is 7.14. The van der Waals surface area contributed by atoms with E-state index in [4.69, 9.17) is 0 Å². The van der Waals surface area contributed by atoms with Gasteiger partial charge in [0.25, 0.3) is 0 Å². The van der Waals surface area contributed by atoms with Gasteiger partial charge in [0.15, 0.2) is 0 Å². The fourth-order valence-corrected chi connectivity index (χ4v) is 2.74. The molecule has 2 aromatic carbocycles. The van der Waals surface area contributed by atoms with Crippen LogP contribution >= 0.6 is 0 Å². The van der Waals surface area contributed by atoms with E-state index < -0.39 is 0 Å². The Morgan fingerprint density at radius 3 is 2.23 bits per heavy atom. The van der Waals surface area contributed by atoms with Crippen molar-refractivity contribution in [3.63, 3.8) is 0 Å². The lowest BCUT2D eigenvalue weighted by Gasteiger charge is -2.10. The third kappa shape index (κ3) is 6.72. The number of nitrogens with zero attached hydrogens (tertiary/aromatic N) is 3. The molecule has 154 valence electrons. The van der Waals surface area contributed by atoms with E-state index in [2.05, 4.69) is 25.9 Å². The zero-order valence-corrected chi connectivity index (χ0v) is 17.4. The van der Waals surface area contributed by atoms with Gasteiger partial charge in [0.05, 0.1) is 0 Å². The summed E-state index contributed by atoms with van der Waals surface area (Å²) < 4.78 is 0. The van der Waals surface area contributed by atoms with Gasteiger partial charge in [-0.25, -0.2) is 9.97 Å². The highest BCUT2D eigenvalue weighted by molar-refractivity contribution is 5.99. The zero-order valence-electron chi connectivity index (χ0n) is 17.4. The summed E-state index contributed by atoms with van der Waals surface area (Å²) in [7, 11) is 3.90. The van der Waals surface area contributed by atoms with Crippen molar-refractivity contribution >= 4 is 34.6 Å². The Bertz CT molecular complexity index is 1030. The molecule has 1 aromatic heterocycles. The number of carbonyl (C=O) groups excluding carboxylic acids is 1. The first kappa shape index (κ1) is 21.0. The van der Waals surface area contributed by atoms with Crippen LogP contribution in [-0.4, -0.2) is 41.4 Å². The smallest absolute Gasteiger partial charge is 0.248 e. The molecule has 0 aliphatic rings. The number of hydrogen-bond acceptors (Lipinski definition) is 6. The molecular formula is C23H26N6O. The highest BCUT2D eigenvalue weighted by atomic mass is 16.1. The predicted octanol–water partition coefficient (Wildman–Crippen LogP) is 4.33. The molecule has 3 aromatic rings. The van der Waals surface area contributed by atoms with Gasteiger partial charge in [-0.15, -0.1) is 0 Å². The lowest BCUT2D eigenvalue weighted by molar-refractivity contribution is -0.111. The summed E-state index contributed by atoms with van der Waals surface area (Å²) in [6.45, 7) is 2.75. The van der Waals surface area contributed by atoms with Gasteiger partial charge in [-0.3, -0.25) is 4.79 Å². The second-order valence-corrected chi connectivity index (χ2v) is 7.14. The lowest BCUT2D eigenvalue weighted by atomic mass is 10.2. The van der Waals surface area contributed by atoms with Gasteiger partial charge < -0.3 is 20.9 Å². The van der Waals surface area contributed by atoms with Crippen molar-refractivity contribution < 1.29 is 4.79 Å². The monoisotopic (exact) mass is 402 g/mol. The maximum Gasteiger partial charge on any atom is 0.248 e. The van der Waals surface area contributed by atoms with Crippen molar-refractivity contribution in [1.82, 2.24) is 14.9 Å². The number of anilines is 5. The Hall–Kier alpha value is -3.71. The Labute approximate surface area is 176 Å². The van der Waals surface area contributed by atoms with Crippen LogP contribution in [0.5, 0.6) is 0 Å². The quantitative estimate of drug-likeness (QED) is 0.487. The van der Waals surface area contributed by atoms with Crippen molar-refractivity contribution in [2.75, 3.05) is 36.6 Å². The molecule has 3 N–H and O–H groups in total. The Morgan fingerprint density at radius 2 is 1.57 bits per heavy atom. The largest absolute Gasteiger partial charge is 0.340 e. The van der Waals surface area contributed by atoms with E-state index >= 15 is 0 Å². The van der Waals surface area contributed by atoms with Crippen LogP contribution in [0.3, 0.4) is 0 Å². The number of carbonyl (C=O) groups is 1. The SMILES string of the molecule is Cc1cccc(Nc2cc(Nc3cccc(NC(=O)C=CCN(C)C)c3)ncn2)c1. The molecule has 0 aliphatic heterocycles. The van der Waals surface area contributed by atoms with Crippen LogP contribution in [0.4, 0.5) is 28.7 Å². The fourth-order valence-electron chi connectivity index (χ4n) is 2.74. The minimum atomic E-state index is -0.166. The highest BCUT2D eigenvalue weighted by Gasteiger charge is 2.03. The Kier molecular flexibility index (Phi) is 7.13. The van der Waals surface area contributed by atoms with E-state index in [1.165, 1.54) is 18.0 Å². The van der Waals surface area contributed by atoms with E-state index in [-0.39, 0.29) is 5.91 Å². The van der Waals surface area contributed by atoms with Crippen LogP contribution in [0.25, 0.3) is 0 Å². The van der Waals surface area contributed by atoms with Crippen LogP contribution in [0.2, 0.25) is 0 Å². The molecule has 1 amide bonds. The molecule has 7 nitrogen and oxygen atoms in total. The normalized spacial score (nSPS) is 10.9. The molecule has 0 spiro atoms. The molecule has 7 heteroatoms. The van der Waals surface area contributed by atoms with Crippen molar-refractivity contribution in [1.29, 1.82) is 0 Å². The molecule has 0 atom stereocenters. The summed E-state index contributed by atoms with van der Waals surface area (Å²) in [6, 6.07) is 17.4. The molecule has 0 saturated carbocycles. The van der Waals surface area contributed by atoms with Gasteiger partial charge in [-0.1, -0.05) is 24.3 Å². The molecular weight excluding hydrogens is 376 g/mol. The average Bonchev–Trinajstić information content (AvgIpc) is 2.68. The number of rotatable bonds is 8. The molecule has 0 aliphatic carbocycles. The van der Waals surface area contributed by atoms with Crippen LogP contribution < -0.4 is 16.0 Å². The highest BCUT2D eigenvalue weighted by Crippen LogP contribution is 2.22. The average molecular weight is 403 g/mol. The topological polar surface area (TPSA) is 82.2 Å². The Morgan fingerprint density at radius 1 is 0.933 bits per heavy atom. The van der Waals surface area contributed by atoms with Gasteiger partial charge in [-0.2, -0.15) is 0 Å². The molecule has 0 radical (unpaired) electrons. The summed E-state index contributed by atoms with van der Waals surface area (Å²) in [5.74, 6) is 1.17. The molecule has 0 saturated heterocycles.